The number of carbonyl (C=O) groups excluding carboxylic acids is 1. The van der Waals surface area contributed by atoms with E-state index in [1.807, 2.05) is 6.07 Å². The maximum atomic E-state index is 12.0. The number of thiophene rings is 1. The van der Waals surface area contributed by atoms with Crippen LogP contribution >= 0.6 is 22.9 Å². The fraction of sp³-hybridized carbons (Fsp3) is 0.154. The number of halogens is 1. The number of hydrogen-bond acceptors (Lipinski definition) is 5. The van der Waals surface area contributed by atoms with E-state index < -0.39 is 10.8 Å². The number of phenolic OH excluding ortho intramolecular Hbond substituents is 1. The lowest BCUT2D eigenvalue weighted by Gasteiger charge is -2.05. The monoisotopic (exact) mass is 326 g/mol. The van der Waals surface area contributed by atoms with E-state index in [-0.39, 0.29) is 17.0 Å². The second-order valence-corrected chi connectivity index (χ2v) is 5.97. The number of phenols is 1. The van der Waals surface area contributed by atoms with E-state index >= 15 is 0 Å². The molecule has 0 unspecified atom stereocenters. The number of carbonyl (C=O) groups is 1. The normalized spacial score (nSPS) is 10.3. The Morgan fingerprint density at radius 1 is 1.38 bits per heavy atom. The van der Waals surface area contributed by atoms with E-state index in [0.717, 1.165) is 17.0 Å². The van der Waals surface area contributed by atoms with E-state index in [0.29, 0.717) is 17.3 Å². The summed E-state index contributed by atoms with van der Waals surface area (Å²) in [5.41, 5.74) is -0.506. The highest BCUT2D eigenvalue weighted by Gasteiger charge is 2.20. The fourth-order valence-corrected chi connectivity index (χ4v) is 2.83. The minimum Gasteiger partial charge on any atom is -0.508 e. The van der Waals surface area contributed by atoms with Crippen molar-refractivity contribution in [2.45, 2.75) is 6.42 Å². The number of nitrogens with one attached hydrogen (secondary N) is 1. The average Bonchev–Trinajstić information content (AvgIpc) is 2.84. The predicted octanol–water partition coefficient (Wildman–Crippen LogP) is 2.99. The number of rotatable bonds is 5. The number of benzene rings is 1. The molecule has 8 heteroatoms. The summed E-state index contributed by atoms with van der Waals surface area (Å²) in [6.45, 7) is 0.322. The van der Waals surface area contributed by atoms with Crippen molar-refractivity contribution in [3.63, 3.8) is 0 Å². The van der Waals surface area contributed by atoms with Crippen LogP contribution < -0.4 is 5.32 Å². The van der Waals surface area contributed by atoms with Crippen molar-refractivity contribution in [1.29, 1.82) is 0 Å². The van der Waals surface area contributed by atoms with Gasteiger partial charge in [0.25, 0.3) is 11.6 Å². The Labute approximate surface area is 129 Å². The third-order valence-electron chi connectivity index (χ3n) is 2.71. The molecule has 0 bridgehead atoms. The first kappa shape index (κ1) is 15.3. The standard InChI is InChI=1S/C13H11ClN2O4S/c14-12-4-2-9(21-12)5-6-15-13(18)10-7-8(17)1-3-11(10)16(19)20/h1-4,7,17H,5-6H2,(H,15,18). The first-order valence-corrected chi connectivity index (χ1v) is 7.16. The van der Waals surface area contributed by atoms with E-state index in [9.17, 15) is 20.0 Å². The highest BCUT2D eigenvalue weighted by molar-refractivity contribution is 7.16. The SMILES string of the molecule is O=C(NCCc1ccc(Cl)s1)c1cc(O)ccc1[N+](=O)[O-]. The van der Waals surface area contributed by atoms with Crippen LogP contribution in [0, 0.1) is 10.1 Å². The number of hydrogen-bond donors (Lipinski definition) is 2. The van der Waals surface area contributed by atoms with Gasteiger partial charge in [0.1, 0.15) is 11.3 Å². The van der Waals surface area contributed by atoms with Crippen LogP contribution in [0.1, 0.15) is 15.2 Å². The Hall–Kier alpha value is -2.12. The number of nitro groups is 1. The van der Waals surface area contributed by atoms with Crippen molar-refractivity contribution in [2.75, 3.05) is 6.54 Å². The Morgan fingerprint density at radius 2 is 2.14 bits per heavy atom. The van der Waals surface area contributed by atoms with Crippen LogP contribution in [0.3, 0.4) is 0 Å². The molecule has 1 aromatic carbocycles. The van der Waals surface area contributed by atoms with Crippen LogP contribution in [-0.4, -0.2) is 22.5 Å². The van der Waals surface area contributed by atoms with Crippen LogP contribution in [0.5, 0.6) is 5.75 Å². The van der Waals surface area contributed by atoms with Crippen molar-refractivity contribution in [2.24, 2.45) is 0 Å². The minimum absolute atomic E-state index is 0.163. The smallest absolute Gasteiger partial charge is 0.282 e. The molecule has 2 N–H and O–H groups in total. The summed E-state index contributed by atoms with van der Waals surface area (Å²) < 4.78 is 0.667. The average molecular weight is 327 g/mol. The van der Waals surface area contributed by atoms with Crippen molar-refractivity contribution in [1.82, 2.24) is 5.32 Å². The summed E-state index contributed by atoms with van der Waals surface area (Å²) in [5.74, 6) is -0.795. The fourth-order valence-electron chi connectivity index (χ4n) is 1.75. The third kappa shape index (κ3) is 3.93. The summed E-state index contributed by atoms with van der Waals surface area (Å²) >= 11 is 7.21. The number of amides is 1. The van der Waals surface area contributed by atoms with Gasteiger partial charge >= 0.3 is 0 Å². The summed E-state index contributed by atoms with van der Waals surface area (Å²) in [7, 11) is 0. The molecule has 21 heavy (non-hydrogen) atoms. The number of nitro benzene ring substituents is 1. The summed E-state index contributed by atoms with van der Waals surface area (Å²) in [4.78, 5) is 23.2. The van der Waals surface area contributed by atoms with E-state index in [1.54, 1.807) is 6.07 Å². The van der Waals surface area contributed by atoms with Gasteiger partial charge in [0.05, 0.1) is 9.26 Å². The van der Waals surface area contributed by atoms with Crippen LogP contribution in [0.15, 0.2) is 30.3 Å². The van der Waals surface area contributed by atoms with E-state index in [1.165, 1.54) is 17.4 Å². The molecule has 0 radical (unpaired) electrons. The molecule has 1 heterocycles. The van der Waals surface area contributed by atoms with Crippen LogP contribution in [-0.2, 0) is 6.42 Å². The molecule has 2 aromatic rings. The second kappa shape index (κ2) is 6.55. The topological polar surface area (TPSA) is 92.5 Å². The van der Waals surface area contributed by atoms with Gasteiger partial charge in [0.15, 0.2) is 0 Å². The zero-order chi connectivity index (χ0) is 15.4. The van der Waals surface area contributed by atoms with Gasteiger partial charge in [-0.05, 0) is 30.7 Å². The van der Waals surface area contributed by atoms with Gasteiger partial charge in [-0.1, -0.05) is 11.6 Å². The molecule has 1 amide bonds. The van der Waals surface area contributed by atoms with Gasteiger partial charge in [-0.25, -0.2) is 0 Å². The molecule has 0 atom stereocenters. The Balaban J connectivity index is 2.03. The Kier molecular flexibility index (Phi) is 4.77. The molecule has 0 saturated carbocycles. The van der Waals surface area contributed by atoms with Crippen LogP contribution in [0.4, 0.5) is 5.69 Å². The Morgan fingerprint density at radius 3 is 2.76 bits per heavy atom. The quantitative estimate of drug-likeness (QED) is 0.652. The first-order valence-electron chi connectivity index (χ1n) is 5.97. The number of nitrogens with zero attached hydrogens (tertiary/aromatic N) is 1. The van der Waals surface area contributed by atoms with Gasteiger partial charge in [-0.2, -0.15) is 0 Å². The van der Waals surface area contributed by atoms with Crippen molar-refractivity contribution in [3.8, 4) is 5.75 Å². The lowest BCUT2D eigenvalue weighted by atomic mass is 10.1. The van der Waals surface area contributed by atoms with Gasteiger partial charge in [0, 0.05) is 17.5 Å². The molecule has 0 spiro atoms. The predicted molar refractivity (Wildman–Crippen MR) is 80.1 cm³/mol. The number of aromatic hydroxyl groups is 1. The maximum absolute atomic E-state index is 12.0. The van der Waals surface area contributed by atoms with Crippen molar-refractivity contribution in [3.05, 3.63) is 55.2 Å². The highest BCUT2D eigenvalue weighted by atomic mass is 35.5. The largest absolute Gasteiger partial charge is 0.508 e. The lowest BCUT2D eigenvalue weighted by molar-refractivity contribution is -0.385. The molecule has 1 aromatic heterocycles. The van der Waals surface area contributed by atoms with Crippen molar-refractivity contribution < 1.29 is 14.8 Å². The zero-order valence-electron chi connectivity index (χ0n) is 10.7. The van der Waals surface area contributed by atoms with Gasteiger partial charge in [0.2, 0.25) is 0 Å². The lowest BCUT2D eigenvalue weighted by Crippen LogP contribution is -2.26. The molecular formula is C13H11ClN2O4S. The molecule has 0 aliphatic rings. The maximum Gasteiger partial charge on any atom is 0.282 e. The van der Waals surface area contributed by atoms with E-state index in [2.05, 4.69) is 5.32 Å². The molecule has 110 valence electrons. The van der Waals surface area contributed by atoms with Gasteiger partial charge < -0.3 is 10.4 Å². The first-order chi connectivity index (χ1) is 9.97. The third-order valence-corrected chi connectivity index (χ3v) is 4.00. The Bertz CT molecular complexity index is 687. The molecule has 2 rings (SSSR count). The van der Waals surface area contributed by atoms with Gasteiger partial charge in [-0.15, -0.1) is 11.3 Å². The second-order valence-electron chi connectivity index (χ2n) is 4.17. The molecule has 0 fully saturated rings. The van der Waals surface area contributed by atoms with Crippen molar-refractivity contribution >= 4 is 34.5 Å². The molecule has 0 saturated heterocycles. The van der Waals surface area contributed by atoms with Crippen LogP contribution in [0.2, 0.25) is 4.34 Å². The zero-order valence-corrected chi connectivity index (χ0v) is 12.3. The molecule has 0 aliphatic carbocycles. The summed E-state index contributed by atoms with van der Waals surface area (Å²) in [6, 6.07) is 6.97. The highest BCUT2D eigenvalue weighted by Crippen LogP contribution is 2.23. The molecule has 0 aliphatic heterocycles. The minimum atomic E-state index is -0.659. The van der Waals surface area contributed by atoms with E-state index in [4.69, 9.17) is 11.6 Å². The summed E-state index contributed by atoms with van der Waals surface area (Å²) in [5, 5.41) is 22.8. The van der Waals surface area contributed by atoms with Gasteiger partial charge in [-0.3, -0.25) is 14.9 Å². The van der Waals surface area contributed by atoms with Crippen LogP contribution in [0.25, 0.3) is 0 Å². The molecule has 6 nitrogen and oxygen atoms in total. The summed E-state index contributed by atoms with van der Waals surface area (Å²) in [6.07, 6.45) is 0.579. The molecular weight excluding hydrogens is 316 g/mol.